The number of rotatable bonds is 6. The van der Waals surface area contributed by atoms with E-state index in [-0.39, 0.29) is 18.1 Å². The largest absolute Gasteiger partial charge is 0.369 e. The Morgan fingerprint density at radius 1 is 1.50 bits per heavy atom. The minimum Gasteiger partial charge on any atom is -0.369 e. The molecular weight excluding hydrogens is 204 g/mol. The van der Waals surface area contributed by atoms with Crippen LogP contribution in [0, 0.1) is 5.92 Å². The third-order valence-corrected chi connectivity index (χ3v) is 2.86. The molecule has 94 valence electrons. The van der Waals surface area contributed by atoms with Crippen LogP contribution >= 0.6 is 0 Å². The summed E-state index contributed by atoms with van der Waals surface area (Å²) < 4.78 is 5.53. The molecule has 1 saturated heterocycles. The summed E-state index contributed by atoms with van der Waals surface area (Å²) in [6.45, 7) is 8.61. The number of carbonyl (C=O) groups is 1. The van der Waals surface area contributed by atoms with Gasteiger partial charge in [0.25, 0.3) is 0 Å². The van der Waals surface area contributed by atoms with Gasteiger partial charge >= 0.3 is 0 Å². The predicted octanol–water partition coefficient (Wildman–Crippen LogP) is 0.916. The van der Waals surface area contributed by atoms with Gasteiger partial charge in [-0.15, -0.1) is 0 Å². The molecule has 4 heteroatoms. The van der Waals surface area contributed by atoms with Gasteiger partial charge in [-0.1, -0.05) is 0 Å². The fourth-order valence-corrected chi connectivity index (χ4v) is 1.85. The maximum atomic E-state index is 11.5. The number of ether oxygens (including phenoxy) is 1. The molecule has 1 fully saturated rings. The van der Waals surface area contributed by atoms with Gasteiger partial charge in [0.15, 0.2) is 0 Å². The smallest absolute Gasteiger partial charge is 0.249 e. The van der Waals surface area contributed by atoms with Crippen LogP contribution in [0.1, 0.15) is 33.6 Å². The number of nitrogens with one attached hydrogen (secondary N) is 2. The molecule has 0 saturated carbocycles. The molecule has 0 radical (unpaired) electrons. The summed E-state index contributed by atoms with van der Waals surface area (Å²) >= 11 is 0. The van der Waals surface area contributed by atoms with Crippen LogP contribution in [0.15, 0.2) is 0 Å². The molecule has 2 N–H and O–H groups in total. The van der Waals surface area contributed by atoms with Crippen molar-refractivity contribution < 1.29 is 9.53 Å². The summed E-state index contributed by atoms with van der Waals surface area (Å²) in [5, 5.41) is 6.17. The molecule has 0 aliphatic carbocycles. The second-order valence-electron chi connectivity index (χ2n) is 4.82. The van der Waals surface area contributed by atoms with Crippen molar-refractivity contribution in [1.82, 2.24) is 10.6 Å². The lowest BCUT2D eigenvalue weighted by molar-refractivity contribution is -0.132. The van der Waals surface area contributed by atoms with E-state index in [4.69, 9.17) is 4.74 Å². The zero-order chi connectivity index (χ0) is 12.0. The van der Waals surface area contributed by atoms with E-state index in [1.54, 1.807) is 0 Å². The van der Waals surface area contributed by atoms with Gasteiger partial charge in [0.2, 0.25) is 5.91 Å². The third kappa shape index (κ3) is 4.94. The summed E-state index contributed by atoms with van der Waals surface area (Å²) in [4.78, 5) is 11.5. The molecule has 1 aliphatic rings. The second-order valence-corrected chi connectivity index (χ2v) is 4.82. The van der Waals surface area contributed by atoms with E-state index in [0.29, 0.717) is 6.61 Å². The molecule has 1 heterocycles. The predicted molar refractivity (Wildman–Crippen MR) is 64.3 cm³/mol. The molecule has 1 rings (SSSR count). The van der Waals surface area contributed by atoms with E-state index in [2.05, 4.69) is 10.6 Å². The minimum absolute atomic E-state index is 0.0143. The average molecular weight is 228 g/mol. The van der Waals surface area contributed by atoms with Gasteiger partial charge in [-0.05, 0) is 52.6 Å². The number of hydrogen-bond acceptors (Lipinski definition) is 3. The van der Waals surface area contributed by atoms with E-state index >= 15 is 0 Å². The highest BCUT2D eigenvalue weighted by Crippen LogP contribution is 2.12. The first-order valence-electron chi connectivity index (χ1n) is 6.22. The van der Waals surface area contributed by atoms with Gasteiger partial charge in [-0.25, -0.2) is 0 Å². The molecule has 4 nitrogen and oxygen atoms in total. The minimum atomic E-state index is -0.336. The van der Waals surface area contributed by atoms with Crippen LogP contribution in [0.4, 0.5) is 0 Å². The van der Waals surface area contributed by atoms with Gasteiger partial charge in [0, 0.05) is 12.6 Å². The fraction of sp³-hybridized carbons (Fsp3) is 0.917. The highest BCUT2D eigenvalue weighted by molar-refractivity contribution is 5.80. The van der Waals surface area contributed by atoms with E-state index in [0.717, 1.165) is 25.4 Å². The van der Waals surface area contributed by atoms with Crippen LogP contribution in [0.25, 0.3) is 0 Å². The lowest BCUT2D eigenvalue weighted by Crippen LogP contribution is -2.38. The maximum Gasteiger partial charge on any atom is 0.249 e. The van der Waals surface area contributed by atoms with E-state index in [1.165, 1.54) is 6.42 Å². The highest BCUT2D eigenvalue weighted by atomic mass is 16.5. The molecule has 0 aromatic carbocycles. The normalized spacial score (nSPS) is 22.4. The molecule has 0 bridgehead atoms. The summed E-state index contributed by atoms with van der Waals surface area (Å²) in [5.74, 6) is 0.708. The Labute approximate surface area is 98.1 Å². The molecule has 1 aliphatic heterocycles. The molecule has 0 aromatic heterocycles. The Balaban J connectivity index is 2.09. The van der Waals surface area contributed by atoms with Crippen molar-refractivity contribution in [3.8, 4) is 0 Å². The summed E-state index contributed by atoms with van der Waals surface area (Å²) in [7, 11) is 0. The lowest BCUT2D eigenvalue weighted by Gasteiger charge is -2.16. The first-order chi connectivity index (χ1) is 7.59. The zero-order valence-electron chi connectivity index (χ0n) is 10.6. The molecule has 2 unspecified atom stereocenters. The Hall–Kier alpha value is -0.610. The Kier molecular flexibility index (Phi) is 5.77. The monoisotopic (exact) mass is 228 g/mol. The summed E-state index contributed by atoms with van der Waals surface area (Å²) in [6.07, 6.45) is 1.94. The van der Waals surface area contributed by atoms with E-state index in [9.17, 15) is 4.79 Å². The Morgan fingerprint density at radius 3 is 2.81 bits per heavy atom. The lowest BCUT2D eigenvalue weighted by atomic mass is 10.1. The van der Waals surface area contributed by atoms with Crippen LogP contribution in [0.2, 0.25) is 0 Å². The molecule has 1 amide bonds. The topological polar surface area (TPSA) is 50.4 Å². The molecule has 0 spiro atoms. The van der Waals surface area contributed by atoms with Gasteiger partial charge < -0.3 is 15.4 Å². The third-order valence-electron chi connectivity index (χ3n) is 2.86. The van der Waals surface area contributed by atoms with Crippen LogP contribution in [0.3, 0.4) is 0 Å². The van der Waals surface area contributed by atoms with Crippen molar-refractivity contribution >= 4 is 5.91 Å². The van der Waals surface area contributed by atoms with Crippen molar-refractivity contribution in [1.29, 1.82) is 0 Å². The van der Waals surface area contributed by atoms with Crippen molar-refractivity contribution in [3.63, 3.8) is 0 Å². The molecular formula is C12H24N2O2. The Morgan fingerprint density at radius 2 is 2.25 bits per heavy atom. The average Bonchev–Trinajstić information content (AvgIpc) is 2.69. The summed E-state index contributed by atoms with van der Waals surface area (Å²) in [6, 6.07) is 0.178. The number of carbonyl (C=O) groups excluding carboxylic acids is 1. The molecule has 16 heavy (non-hydrogen) atoms. The molecule has 2 atom stereocenters. The Bertz CT molecular complexity index is 213. The van der Waals surface area contributed by atoms with Gasteiger partial charge in [-0.2, -0.15) is 0 Å². The quantitative estimate of drug-likeness (QED) is 0.710. The standard InChI is InChI=1S/C12H24N2O2/c1-9(2)14-12(15)10(3)16-7-5-11-4-6-13-8-11/h9-11,13H,4-8H2,1-3H3,(H,14,15). The first kappa shape index (κ1) is 13.5. The van der Waals surface area contributed by atoms with Crippen molar-refractivity contribution in [2.45, 2.75) is 45.8 Å². The van der Waals surface area contributed by atoms with Crippen molar-refractivity contribution in [2.75, 3.05) is 19.7 Å². The fourth-order valence-electron chi connectivity index (χ4n) is 1.85. The van der Waals surface area contributed by atoms with Crippen LogP contribution in [-0.2, 0) is 9.53 Å². The molecule has 0 aromatic rings. The number of amides is 1. The van der Waals surface area contributed by atoms with Crippen LogP contribution in [0.5, 0.6) is 0 Å². The highest BCUT2D eigenvalue weighted by Gasteiger charge is 2.17. The zero-order valence-corrected chi connectivity index (χ0v) is 10.6. The SMILES string of the molecule is CC(C)NC(=O)C(C)OCCC1CCNC1. The van der Waals surface area contributed by atoms with E-state index < -0.39 is 0 Å². The van der Waals surface area contributed by atoms with Crippen LogP contribution in [-0.4, -0.2) is 37.7 Å². The first-order valence-corrected chi connectivity index (χ1v) is 6.22. The van der Waals surface area contributed by atoms with Gasteiger partial charge in [0.05, 0.1) is 0 Å². The maximum absolute atomic E-state index is 11.5. The van der Waals surface area contributed by atoms with Gasteiger partial charge in [0.1, 0.15) is 6.10 Å². The van der Waals surface area contributed by atoms with Crippen LogP contribution < -0.4 is 10.6 Å². The number of hydrogen-bond donors (Lipinski definition) is 2. The second kappa shape index (κ2) is 6.86. The summed E-state index contributed by atoms with van der Waals surface area (Å²) in [5.41, 5.74) is 0. The van der Waals surface area contributed by atoms with Gasteiger partial charge in [-0.3, -0.25) is 4.79 Å². The van der Waals surface area contributed by atoms with Crippen molar-refractivity contribution in [2.24, 2.45) is 5.92 Å². The van der Waals surface area contributed by atoms with Crippen molar-refractivity contribution in [3.05, 3.63) is 0 Å². The van der Waals surface area contributed by atoms with E-state index in [1.807, 2.05) is 20.8 Å².